The summed E-state index contributed by atoms with van der Waals surface area (Å²) in [5, 5.41) is 16.9. The number of nitrogens with zero attached hydrogens (tertiary/aromatic N) is 5. The van der Waals surface area contributed by atoms with Gasteiger partial charge in [-0.15, -0.1) is 0 Å². The maximum absolute atomic E-state index is 12.7. The molecule has 0 fully saturated rings. The van der Waals surface area contributed by atoms with Gasteiger partial charge in [-0.2, -0.15) is 4.98 Å². The van der Waals surface area contributed by atoms with E-state index in [1.54, 1.807) is 24.4 Å². The Morgan fingerprint density at radius 3 is 2.92 bits per heavy atom. The van der Waals surface area contributed by atoms with Gasteiger partial charge in [0.1, 0.15) is 5.52 Å². The van der Waals surface area contributed by atoms with Crippen LogP contribution >= 0.6 is 0 Å². The van der Waals surface area contributed by atoms with E-state index in [4.69, 9.17) is 9.47 Å². The van der Waals surface area contributed by atoms with Gasteiger partial charge < -0.3 is 25.2 Å². The smallest absolute Gasteiger partial charge is 0.275 e. The SMILES string of the molecule is COc1ccc2ncc(=O)n(-c3cnc4c(c3)C[C@H](O)[C@H](NCc3ccc5c(n3)NC(=O)CO5)C4)c2n1. The molecule has 0 unspecified atom stereocenters. The fraction of sp³-hybridized carbons (Fsp3) is 0.280. The predicted molar refractivity (Wildman–Crippen MR) is 132 cm³/mol. The molecule has 0 bridgehead atoms. The van der Waals surface area contributed by atoms with Gasteiger partial charge in [-0.25, -0.2) is 9.97 Å². The van der Waals surface area contributed by atoms with Gasteiger partial charge in [-0.3, -0.25) is 19.1 Å². The van der Waals surface area contributed by atoms with Crippen molar-refractivity contribution < 1.29 is 19.4 Å². The standard InChI is InChI=1S/C25H23N7O5/c1-36-22-5-3-16-25(31-22)32(23(35)11-28-16)15-6-13-7-19(33)18(8-17(13)27-10-15)26-9-14-2-4-20-24(29-14)30-21(34)12-37-20/h2-6,10-11,18-19,26,33H,7-9,12H2,1H3,(H,29,30,34)/t18-,19+/m1/s1. The number of aliphatic hydroxyl groups is 1. The molecule has 4 aromatic rings. The van der Waals surface area contributed by atoms with Gasteiger partial charge in [0.25, 0.3) is 11.5 Å². The van der Waals surface area contributed by atoms with Gasteiger partial charge in [-0.05, 0) is 29.8 Å². The highest BCUT2D eigenvalue weighted by atomic mass is 16.5. The molecule has 0 spiro atoms. The molecule has 3 N–H and O–H groups in total. The summed E-state index contributed by atoms with van der Waals surface area (Å²) in [4.78, 5) is 41.9. The Kier molecular flexibility index (Phi) is 5.74. The minimum Gasteiger partial charge on any atom is -0.481 e. The average Bonchev–Trinajstić information content (AvgIpc) is 2.91. The molecule has 2 aliphatic rings. The predicted octanol–water partition coefficient (Wildman–Crippen LogP) is 0.528. The first kappa shape index (κ1) is 23.0. The van der Waals surface area contributed by atoms with E-state index >= 15 is 0 Å². The topological polar surface area (TPSA) is 153 Å². The number of ether oxygens (including phenoxy) is 2. The van der Waals surface area contributed by atoms with E-state index in [1.165, 1.54) is 17.9 Å². The third kappa shape index (κ3) is 4.36. The van der Waals surface area contributed by atoms with E-state index in [1.807, 2.05) is 12.1 Å². The van der Waals surface area contributed by atoms with Crippen molar-refractivity contribution in [2.75, 3.05) is 19.0 Å². The van der Waals surface area contributed by atoms with Crippen LogP contribution in [-0.2, 0) is 24.2 Å². The van der Waals surface area contributed by atoms with E-state index in [2.05, 4.69) is 30.6 Å². The zero-order valence-electron chi connectivity index (χ0n) is 19.8. The lowest BCUT2D eigenvalue weighted by Gasteiger charge is -2.30. The van der Waals surface area contributed by atoms with E-state index < -0.39 is 6.10 Å². The van der Waals surface area contributed by atoms with Crippen molar-refractivity contribution in [3.8, 4) is 17.3 Å². The Bertz CT molecular complexity index is 1590. The first-order valence-corrected chi connectivity index (χ1v) is 11.7. The van der Waals surface area contributed by atoms with Crippen molar-refractivity contribution in [3.05, 3.63) is 70.0 Å². The van der Waals surface area contributed by atoms with Crippen molar-refractivity contribution in [2.45, 2.75) is 31.5 Å². The minimum atomic E-state index is -0.672. The third-order valence-electron chi connectivity index (χ3n) is 6.47. The Hall–Kier alpha value is -4.42. The number of hydrogen-bond acceptors (Lipinski definition) is 10. The fourth-order valence-corrected chi connectivity index (χ4v) is 4.61. The van der Waals surface area contributed by atoms with Gasteiger partial charge in [0.05, 0.1) is 37.0 Å². The molecular formula is C25H23N7O5. The lowest BCUT2D eigenvalue weighted by atomic mass is 9.89. The number of carbonyl (C=O) groups excluding carboxylic acids is 1. The van der Waals surface area contributed by atoms with E-state index in [9.17, 15) is 14.7 Å². The Morgan fingerprint density at radius 1 is 1.16 bits per heavy atom. The maximum atomic E-state index is 12.7. The maximum Gasteiger partial charge on any atom is 0.275 e. The summed E-state index contributed by atoms with van der Waals surface area (Å²) in [6.07, 6.45) is 3.07. The number of hydrogen-bond donors (Lipinski definition) is 3. The largest absolute Gasteiger partial charge is 0.481 e. The summed E-state index contributed by atoms with van der Waals surface area (Å²) in [7, 11) is 1.51. The molecule has 0 saturated carbocycles. The second-order valence-electron chi connectivity index (χ2n) is 8.88. The monoisotopic (exact) mass is 501 g/mol. The number of aromatic nitrogens is 5. The van der Waals surface area contributed by atoms with Crippen LogP contribution in [0.2, 0.25) is 0 Å². The second kappa shape index (κ2) is 9.22. The Balaban J connectivity index is 1.23. The van der Waals surface area contributed by atoms with Crippen molar-refractivity contribution in [1.82, 2.24) is 29.8 Å². The number of carbonyl (C=O) groups is 1. The van der Waals surface area contributed by atoms with Crippen LogP contribution in [0, 0.1) is 0 Å². The molecule has 4 aromatic heterocycles. The third-order valence-corrected chi connectivity index (χ3v) is 6.47. The van der Waals surface area contributed by atoms with Gasteiger partial charge in [0.2, 0.25) is 5.88 Å². The molecule has 37 heavy (non-hydrogen) atoms. The van der Waals surface area contributed by atoms with E-state index in [-0.39, 0.29) is 24.1 Å². The highest BCUT2D eigenvalue weighted by Crippen LogP contribution is 2.26. The molecule has 0 saturated heterocycles. The zero-order valence-corrected chi connectivity index (χ0v) is 19.8. The molecule has 188 valence electrons. The zero-order chi connectivity index (χ0) is 25.5. The highest BCUT2D eigenvalue weighted by molar-refractivity contribution is 5.94. The van der Waals surface area contributed by atoms with E-state index in [0.29, 0.717) is 59.4 Å². The van der Waals surface area contributed by atoms with Crippen LogP contribution in [0.4, 0.5) is 5.82 Å². The number of anilines is 1. The lowest BCUT2D eigenvalue weighted by molar-refractivity contribution is -0.118. The summed E-state index contributed by atoms with van der Waals surface area (Å²) in [5.41, 5.74) is 3.51. The molecule has 6 rings (SSSR count). The van der Waals surface area contributed by atoms with Gasteiger partial charge in [0, 0.05) is 37.2 Å². The molecule has 5 heterocycles. The molecule has 12 nitrogen and oxygen atoms in total. The van der Waals surface area contributed by atoms with Crippen LogP contribution in [0.1, 0.15) is 17.0 Å². The summed E-state index contributed by atoms with van der Waals surface area (Å²) in [6.45, 7) is 0.371. The van der Waals surface area contributed by atoms with E-state index in [0.717, 1.165) is 11.3 Å². The number of nitrogens with one attached hydrogen (secondary N) is 2. The normalized spacial score (nSPS) is 18.5. The second-order valence-corrected chi connectivity index (χ2v) is 8.88. The van der Waals surface area contributed by atoms with Crippen LogP contribution in [0.5, 0.6) is 11.6 Å². The number of aliphatic hydroxyl groups excluding tert-OH is 1. The van der Waals surface area contributed by atoms with Crippen LogP contribution in [-0.4, -0.2) is 61.4 Å². The highest BCUT2D eigenvalue weighted by Gasteiger charge is 2.28. The first-order chi connectivity index (χ1) is 18.0. The molecular weight excluding hydrogens is 478 g/mol. The van der Waals surface area contributed by atoms with Crippen LogP contribution in [0.3, 0.4) is 0 Å². The van der Waals surface area contributed by atoms with Crippen LogP contribution in [0.25, 0.3) is 16.9 Å². The molecule has 12 heteroatoms. The molecule has 0 radical (unpaired) electrons. The molecule has 0 aromatic carbocycles. The lowest BCUT2D eigenvalue weighted by Crippen LogP contribution is -2.45. The van der Waals surface area contributed by atoms with Gasteiger partial charge in [0.15, 0.2) is 23.8 Å². The van der Waals surface area contributed by atoms with Crippen molar-refractivity contribution in [2.24, 2.45) is 0 Å². The van der Waals surface area contributed by atoms with Crippen molar-refractivity contribution >= 4 is 22.9 Å². The van der Waals surface area contributed by atoms with Gasteiger partial charge in [-0.1, -0.05) is 0 Å². The number of rotatable bonds is 5. The van der Waals surface area contributed by atoms with Crippen molar-refractivity contribution in [1.29, 1.82) is 0 Å². The number of methoxy groups -OCH3 is 1. The number of pyridine rings is 3. The van der Waals surface area contributed by atoms with Crippen molar-refractivity contribution in [3.63, 3.8) is 0 Å². The Labute approximate surface area is 210 Å². The minimum absolute atomic E-state index is 0.0224. The molecule has 2 atom stereocenters. The summed E-state index contributed by atoms with van der Waals surface area (Å²) >= 11 is 0. The first-order valence-electron chi connectivity index (χ1n) is 11.7. The summed E-state index contributed by atoms with van der Waals surface area (Å²) in [6, 6.07) is 8.62. The molecule has 1 amide bonds. The quantitative estimate of drug-likeness (QED) is 0.353. The summed E-state index contributed by atoms with van der Waals surface area (Å²) < 4.78 is 12.0. The fourth-order valence-electron chi connectivity index (χ4n) is 4.61. The molecule has 1 aliphatic heterocycles. The van der Waals surface area contributed by atoms with Gasteiger partial charge >= 0.3 is 0 Å². The Morgan fingerprint density at radius 2 is 2.05 bits per heavy atom. The molecule has 1 aliphatic carbocycles. The number of fused-ring (bicyclic) bond motifs is 3. The number of amides is 1. The summed E-state index contributed by atoms with van der Waals surface area (Å²) in [5.74, 6) is 1.05. The van der Waals surface area contributed by atoms with Crippen LogP contribution in [0.15, 0.2) is 47.5 Å². The van der Waals surface area contributed by atoms with Crippen LogP contribution < -0.4 is 25.7 Å². The average molecular weight is 502 g/mol.